The van der Waals surface area contributed by atoms with Crippen LogP contribution < -0.4 is 10.6 Å². The molecular weight excluding hydrogens is 482 g/mol. The highest BCUT2D eigenvalue weighted by molar-refractivity contribution is 6.06. The topological polar surface area (TPSA) is 147 Å². The number of ether oxygens (including phenoxy) is 2. The van der Waals surface area contributed by atoms with Crippen LogP contribution in [0.3, 0.4) is 0 Å². The fourth-order valence-electron chi connectivity index (χ4n) is 5.08. The van der Waals surface area contributed by atoms with Gasteiger partial charge in [0.25, 0.3) is 11.8 Å². The normalized spacial score (nSPS) is 25.9. The lowest BCUT2D eigenvalue weighted by Crippen LogP contribution is -2.64. The van der Waals surface area contributed by atoms with E-state index in [1.54, 1.807) is 18.2 Å². The Bertz CT molecular complexity index is 1260. The highest BCUT2D eigenvalue weighted by Gasteiger charge is 2.46. The third kappa shape index (κ3) is 4.71. The van der Waals surface area contributed by atoms with Crippen molar-refractivity contribution in [2.75, 3.05) is 13.7 Å². The predicted octanol–water partition coefficient (Wildman–Crippen LogP) is 0.266. The van der Waals surface area contributed by atoms with Gasteiger partial charge in [0, 0.05) is 31.7 Å². The number of hydrogen-bond acceptors (Lipinski definition) is 8. The van der Waals surface area contributed by atoms with Gasteiger partial charge in [-0.15, -0.1) is 0 Å². The number of fused-ring (bicyclic) bond motifs is 2. The fraction of sp³-hybridized carbons (Fsp3) is 0.440. The van der Waals surface area contributed by atoms with E-state index in [4.69, 9.17) is 9.47 Å². The van der Waals surface area contributed by atoms with Gasteiger partial charge in [0.15, 0.2) is 0 Å². The van der Waals surface area contributed by atoms with E-state index in [-0.39, 0.29) is 37.4 Å². The molecule has 0 radical (unpaired) electrons. The molecule has 0 spiro atoms. The van der Waals surface area contributed by atoms with Gasteiger partial charge in [-0.3, -0.25) is 34.0 Å². The maximum absolute atomic E-state index is 13.7. The Labute approximate surface area is 212 Å². The molecule has 5 rings (SSSR count). The van der Waals surface area contributed by atoms with Crippen molar-refractivity contribution < 1.29 is 33.4 Å². The number of esters is 1. The summed E-state index contributed by atoms with van der Waals surface area (Å²) in [5, 5.41) is 9.39. The number of cyclic esters (lactones) is 1. The minimum absolute atomic E-state index is 0.0290. The van der Waals surface area contributed by atoms with E-state index < -0.39 is 48.1 Å². The van der Waals surface area contributed by atoms with Gasteiger partial charge in [0.1, 0.15) is 23.8 Å². The van der Waals surface area contributed by atoms with Gasteiger partial charge in [0.05, 0.1) is 6.42 Å². The number of benzene rings is 1. The van der Waals surface area contributed by atoms with Gasteiger partial charge in [-0.2, -0.15) is 0 Å². The van der Waals surface area contributed by atoms with Crippen molar-refractivity contribution in [3.05, 3.63) is 42.2 Å². The van der Waals surface area contributed by atoms with Crippen molar-refractivity contribution in [1.82, 2.24) is 25.6 Å². The van der Waals surface area contributed by atoms with Gasteiger partial charge >= 0.3 is 5.97 Å². The summed E-state index contributed by atoms with van der Waals surface area (Å²) < 4.78 is 10.2. The summed E-state index contributed by atoms with van der Waals surface area (Å²) in [6.07, 6.45) is 1.47. The minimum Gasteiger partial charge on any atom is -0.433 e. The van der Waals surface area contributed by atoms with Crippen LogP contribution in [-0.4, -0.2) is 82.7 Å². The molecule has 0 unspecified atom stereocenters. The number of nitrogens with one attached hydrogen (secondary N) is 2. The molecule has 37 heavy (non-hydrogen) atoms. The molecule has 3 saturated heterocycles. The quantitative estimate of drug-likeness (QED) is 0.546. The van der Waals surface area contributed by atoms with Crippen LogP contribution in [0.15, 0.2) is 36.5 Å². The Balaban J connectivity index is 1.37. The van der Waals surface area contributed by atoms with E-state index >= 15 is 0 Å². The number of methoxy groups -OCH3 is 1. The molecule has 1 aromatic heterocycles. The average Bonchev–Trinajstić information content (AvgIpc) is 3.22. The van der Waals surface area contributed by atoms with Crippen LogP contribution in [0.25, 0.3) is 10.8 Å². The van der Waals surface area contributed by atoms with Gasteiger partial charge in [0.2, 0.25) is 18.1 Å². The van der Waals surface area contributed by atoms with Crippen LogP contribution in [0.1, 0.15) is 42.6 Å². The molecule has 4 heterocycles. The SMILES string of the molecule is CO[C@@H]1OC(=O)C[C@@H]1NC(=O)[C@@H]1CCCN2C(=O)CC[C@H](NC(=O)c3nccc4ccccc34)C(=O)N12. The van der Waals surface area contributed by atoms with Crippen molar-refractivity contribution in [2.24, 2.45) is 0 Å². The zero-order valence-corrected chi connectivity index (χ0v) is 20.2. The minimum atomic E-state index is -1.03. The van der Waals surface area contributed by atoms with Gasteiger partial charge in [-0.1, -0.05) is 24.3 Å². The third-order valence-electron chi connectivity index (χ3n) is 6.88. The Morgan fingerprint density at radius 1 is 1.11 bits per heavy atom. The highest BCUT2D eigenvalue weighted by Crippen LogP contribution is 2.26. The smallest absolute Gasteiger partial charge is 0.310 e. The molecule has 194 valence electrons. The monoisotopic (exact) mass is 509 g/mol. The van der Waals surface area contributed by atoms with E-state index in [1.807, 2.05) is 12.1 Å². The number of aromatic nitrogens is 1. The number of nitrogens with zero attached hydrogens (tertiary/aromatic N) is 3. The first kappa shape index (κ1) is 24.6. The van der Waals surface area contributed by atoms with Gasteiger partial charge < -0.3 is 20.1 Å². The largest absolute Gasteiger partial charge is 0.433 e. The average molecular weight is 510 g/mol. The van der Waals surface area contributed by atoms with E-state index in [2.05, 4.69) is 15.6 Å². The molecule has 2 aromatic rings. The second-order valence-corrected chi connectivity index (χ2v) is 9.22. The molecule has 3 fully saturated rings. The molecule has 1 aromatic carbocycles. The van der Waals surface area contributed by atoms with Gasteiger partial charge in [-0.25, -0.2) is 5.01 Å². The van der Waals surface area contributed by atoms with Crippen molar-refractivity contribution in [2.45, 2.75) is 56.5 Å². The van der Waals surface area contributed by atoms with Crippen LogP contribution in [0.5, 0.6) is 0 Å². The van der Waals surface area contributed by atoms with E-state index in [1.165, 1.54) is 18.3 Å². The number of pyridine rings is 1. The first-order valence-corrected chi connectivity index (χ1v) is 12.2. The van der Waals surface area contributed by atoms with E-state index in [0.29, 0.717) is 18.2 Å². The number of carbonyl (C=O) groups excluding carboxylic acids is 5. The molecule has 0 bridgehead atoms. The number of carbonyl (C=O) groups is 5. The predicted molar refractivity (Wildman–Crippen MR) is 127 cm³/mol. The molecule has 0 aliphatic carbocycles. The summed E-state index contributed by atoms with van der Waals surface area (Å²) in [6.45, 7) is 0.283. The molecule has 0 saturated carbocycles. The molecule has 2 N–H and O–H groups in total. The summed E-state index contributed by atoms with van der Waals surface area (Å²) in [6, 6.07) is 6.32. The molecule has 3 aliphatic rings. The Morgan fingerprint density at radius 2 is 1.92 bits per heavy atom. The summed E-state index contributed by atoms with van der Waals surface area (Å²) in [4.78, 5) is 69.0. The van der Waals surface area contributed by atoms with Crippen LogP contribution >= 0.6 is 0 Å². The number of hydrazine groups is 1. The second-order valence-electron chi connectivity index (χ2n) is 9.22. The molecule has 12 heteroatoms. The fourth-order valence-corrected chi connectivity index (χ4v) is 5.08. The molecule has 12 nitrogen and oxygen atoms in total. The Morgan fingerprint density at radius 3 is 2.73 bits per heavy atom. The van der Waals surface area contributed by atoms with Crippen molar-refractivity contribution in [3.63, 3.8) is 0 Å². The first-order chi connectivity index (χ1) is 17.9. The van der Waals surface area contributed by atoms with Crippen LogP contribution in [0, 0.1) is 0 Å². The zero-order valence-electron chi connectivity index (χ0n) is 20.2. The number of rotatable bonds is 5. The summed E-state index contributed by atoms with van der Waals surface area (Å²) in [5.41, 5.74) is 0.169. The standard InChI is InChI=1S/C25H27N5O7/c1-36-25-17(13-20(32)37-25)28-22(33)18-7-4-12-29-19(31)9-8-16(24(35)30(18)29)27-23(34)21-15-6-3-2-5-14(15)10-11-26-21/h2-3,5-6,10-11,16-18,25H,4,7-9,12-13H2,1H3,(H,27,34)(H,28,33)/t16-,17-,18-,25+/m0/s1. The Kier molecular flexibility index (Phi) is 6.74. The summed E-state index contributed by atoms with van der Waals surface area (Å²) >= 11 is 0. The second kappa shape index (κ2) is 10.1. The molecular formula is C25H27N5O7. The maximum Gasteiger partial charge on any atom is 0.310 e. The lowest BCUT2D eigenvalue weighted by Gasteiger charge is -2.43. The lowest BCUT2D eigenvalue weighted by molar-refractivity contribution is -0.177. The van der Waals surface area contributed by atoms with Crippen LogP contribution in [0.2, 0.25) is 0 Å². The van der Waals surface area contributed by atoms with Crippen LogP contribution in [-0.2, 0) is 28.7 Å². The molecule has 4 amide bonds. The first-order valence-electron chi connectivity index (χ1n) is 12.2. The zero-order chi connectivity index (χ0) is 26.1. The maximum atomic E-state index is 13.7. The number of hydrogen-bond donors (Lipinski definition) is 2. The van der Waals surface area contributed by atoms with Crippen LogP contribution in [0.4, 0.5) is 0 Å². The highest BCUT2D eigenvalue weighted by atomic mass is 16.7. The van der Waals surface area contributed by atoms with Crippen molar-refractivity contribution >= 4 is 40.4 Å². The molecule has 3 aliphatic heterocycles. The summed E-state index contributed by atoms with van der Waals surface area (Å²) in [7, 11) is 1.36. The van der Waals surface area contributed by atoms with Crippen molar-refractivity contribution in [1.29, 1.82) is 0 Å². The summed E-state index contributed by atoms with van der Waals surface area (Å²) in [5.74, 6) is -2.44. The number of amides is 4. The Hall–Kier alpha value is -4.06. The van der Waals surface area contributed by atoms with Crippen molar-refractivity contribution in [3.8, 4) is 0 Å². The van der Waals surface area contributed by atoms with E-state index in [9.17, 15) is 24.0 Å². The molecule has 4 atom stereocenters. The third-order valence-corrected chi connectivity index (χ3v) is 6.88. The lowest BCUT2D eigenvalue weighted by atomic mass is 10.0. The van der Waals surface area contributed by atoms with Gasteiger partial charge in [-0.05, 0) is 30.7 Å². The van der Waals surface area contributed by atoms with E-state index in [0.717, 1.165) is 10.4 Å².